The molecule has 0 saturated carbocycles. The van der Waals surface area contributed by atoms with Crippen LogP contribution in [0.5, 0.6) is 0 Å². The second-order valence-corrected chi connectivity index (χ2v) is 8.41. The van der Waals surface area contributed by atoms with Gasteiger partial charge in [0.05, 0.1) is 10.9 Å². The quantitative estimate of drug-likeness (QED) is 0.481. The van der Waals surface area contributed by atoms with Crippen molar-refractivity contribution in [2.45, 2.75) is 19.5 Å². The van der Waals surface area contributed by atoms with Crippen LogP contribution in [0.4, 0.5) is 0 Å². The fraction of sp³-hybridized carbons (Fsp3) is 0.280. The molecule has 0 aliphatic carbocycles. The number of nitrogens with one attached hydrogen (secondary N) is 3. The summed E-state index contributed by atoms with van der Waals surface area (Å²) in [5.74, 6) is 0.797. The molecule has 0 radical (unpaired) electrons. The van der Waals surface area contributed by atoms with E-state index in [1.165, 1.54) is 21.2 Å². The number of hydrogen-bond donors (Lipinski definition) is 3. The zero-order valence-electron chi connectivity index (χ0n) is 17.3. The van der Waals surface area contributed by atoms with E-state index in [-0.39, 0.29) is 11.6 Å². The first kappa shape index (κ1) is 19.0. The first-order chi connectivity index (χ1) is 14.7. The minimum atomic E-state index is -0.0398. The largest absolute Gasteiger partial charge is 0.322 e. The molecule has 1 fully saturated rings. The SMILES string of the molecule is C[C@H](c1nc2ccccc2c(=O)[nH]1)[NH+]1CC[NH+](Cc2cccc3ccccc23)CC1. The van der Waals surface area contributed by atoms with Crippen molar-refractivity contribution >= 4 is 21.7 Å². The lowest BCUT2D eigenvalue weighted by atomic mass is 10.0. The molecule has 3 N–H and O–H groups in total. The number of fused-ring (bicyclic) bond motifs is 2. The Kier molecular flexibility index (Phi) is 5.07. The Morgan fingerprint density at radius 3 is 2.43 bits per heavy atom. The van der Waals surface area contributed by atoms with Gasteiger partial charge in [-0.25, -0.2) is 4.98 Å². The van der Waals surface area contributed by atoms with Gasteiger partial charge >= 0.3 is 0 Å². The summed E-state index contributed by atoms with van der Waals surface area (Å²) < 4.78 is 0. The summed E-state index contributed by atoms with van der Waals surface area (Å²) in [6.07, 6.45) is 0. The van der Waals surface area contributed by atoms with Crippen molar-refractivity contribution in [1.29, 1.82) is 0 Å². The van der Waals surface area contributed by atoms with Crippen molar-refractivity contribution in [1.82, 2.24) is 9.97 Å². The molecular formula is C25H28N4O+2. The summed E-state index contributed by atoms with van der Waals surface area (Å²) in [6.45, 7) is 7.66. The van der Waals surface area contributed by atoms with E-state index in [4.69, 9.17) is 4.98 Å². The number of benzene rings is 3. The second kappa shape index (κ2) is 8.01. The molecule has 1 atom stereocenters. The highest BCUT2D eigenvalue weighted by Gasteiger charge is 2.29. The first-order valence-electron chi connectivity index (χ1n) is 10.8. The average Bonchev–Trinajstić information content (AvgIpc) is 2.79. The van der Waals surface area contributed by atoms with E-state index in [2.05, 4.69) is 54.4 Å². The Bertz CT molecular complexity index is 1240. The van der Waals surface area contributed by atoms with Crippen molar-refractivity contribution < 1.29 is 9.80 Å². The summed E-state index contributed by atoms with van der Waals surface area (Å²) in [4.78, 5) is 23.3. The molecule has 1 aromatic heterocycles. The number of aromatic amines is 1. The summed E-state index contributed by atoms with van der Waals surface area (Å²) in [6, 6.07) is 23.0. The van der Waals surface area contributed by atoms with Crippen LogP contribution >= 0.6 is 0 Å². The smallest absolute Gasteiger partial charge is 0.258 e. The Morgan fingerprint density at radius 1 is 0.900 bits per heavy atom. The Hall–Kier alpha value is -3.02. The molecule has 5 nitrogen and oxygen atoms in total. The van der Waals surface area contributed by atoms with Crippen molar-refractivity contribution in [3.63, 3.8) is 0 Å². The minimum Gasteiger partial charge on any atom is -0.322 e. The number of quaternary nitrogens is 2. The van der Waals surface area contributed by atoms with Crippen LogP contribution in [0.15, 0.2) is 71.5 Å². The van der Waals surface area contributed by atoms with Gasteiger partial charge in [-0.3, -0.25) is 4.79 Å². The number of nitrogens with zero attached hydrogens (tertiary/aromatic N) is 1. The molecule has 0 bridgehead atoms. The van der Waals surface area contributed by atoms with Gasteiger partial charge in [-0.1, -0.05) is 54.6 Å². The molecule has 5 rings (SSSR count). The van der Waals surface area contributed by atoms with Crippen LogP contribution in [0.3, 0.4) is 0 Å². The lowest BCUT2D eigenvalue weighted by molar-refractivity contribution is -1.03. The fourth-order valence-electron chi connectivity index (χ4n) is 4.75. The summed E-state index contributed by atoms with van der Waals surface area (Å²) >= 11 is 0. The molecule has 152 valence electrons. The zero-order chi connectivity index (χ0) is 20.5. The van der Waals surface area contributed by atoms with Crippen LogP contribution in [-0.2, 0) is 6.54 Å². The highest BCUT2D eigenvalue weighted by molar-refractivity contribution is 5.85. The van der Waals surface area contributed by atoms with Crippen molar-refractivity contribution in [3.8, 4) is 0 Å². The lowest BCUT2D eigenvalue weighted by Gasteiger charge is -2.33. The molecule has 0 spiro atoms. The van der Waals surface area contributed by atoms with E-state index in [1.807, 2.05) is 24.3 Å². The normalized spacial score (nSPS) is 20.4. The standard InChI is InChI=1S/C25H26N4O/c1-18(24-26-23-12-5-4-11-22(23)25(30)27-24)29-15-13-28(14-16-29)17-20-9-6-8-19-7-2-3-10-21(19)20/h2-12,18H,13-17H2,1H3,(H,26,27,30)/p+2/t18-/m1/s1. The van der Waals surface area contributed by atoms with Crippen LogP contribution in [0, 0.1) is 0 Å². The topological polar surface area (TPSA) is 54.6 Å². The molecular weight excluding hydrogens is 372 g/mol. The molecule has 5 heteroatoms. The van der Waals surface area contributed by atoms with E-state index in [1.54, 1.807) is 4.90 Å². The van der Waals surface area contributed by atoms with Crippen molar-refractivity contribution in [2.75, 3.05) is 26.2 Å². The maximum absolute atomic E-state index is 12.4. The molecule has 2 heterocycles. The number of H-pyrrole nitrogens is 1. The Balaban J connectivity index is 1.28. The van der Waals surface area contributed by atoms with E-state index in [0.29, 0.717) is 5.39 Å². The second-order valence-electron chi connectivity index (χ2n) is 8.41. The van der Waals surface area contributed by atoms with Crippen LogP contribution in [0.1, 0.15) is 24.4 Å². The van der Waals surface area contributed by atoms with Gasteiger partial charge in [0.25, 0.3) is 5.56 Å². The van der Waals surface area contributed by atoms with E-state index < -0.39 is 0 Å². The van der Waals surface area contributed by atoms with Gasteiger partial charge in [-0.15, -0.1) is 0 Å². The summed E-state index contributed by atoms with van der Waals surface area (Å²) in [7, 11) is 0. The summed E-state index contributed by atoms with van der Waals surface area (Å²) in [5.41, 5.74) is 2.17. The van der Waals surface area contributed by atoms with Crippen molar-refractivity contribution in [3.05, 3.63) is 88.5 Å². The number of hydrogen-bond acceptors (Lipinski definition) is 2. The summed E-state index contributed by atoms with van der Waals surface area (Å²) in [5, 5.41) is 3.35. The molecule has 0 amide bonds. The molecule has 1 aliphatic heterocycles. The predicted molar refractivity (Wildman–Crippen MR) is 120 cm³/mol. The van der Waals surface area contributed by atoms with E-state index in [9.17, 15) is 4.79 Å². The number of piperazine rings is 1. The minimum absolute atomic E-state index is 0.0398. The van der Waals surface area contributed by atoms with Gasteiger partial charge in [0.15, 0.2) is 5.82 Å². The molecule has 0 unspecified atom stereocenters. The predicted octanol–water partition coefficient (Wildman–Crippen LogP) is 1.12. The monoisotopic (exact) mass is 400 g/mol. The van der Waals surface area contributed by atoms with Crippen LogP contribution < -0.4 is 15.4 Å². The number of rotatable bonds is 4. The molecule has 3 aromatic carbocycles. The fourth-order valence-corrected chi connectivity index (χ4v) is 4.75. The molecule has 1 saturated heterocycles. The third-order valence-electron chi connectivity index (χ3n) is 6.57. The zero-order valence-corrected chi connectivity index (χ0v) is 17.3. The van der Waals surface area contributed by atoms with Gasteiger partial charge in [0, 0.05) is 5.56 Å². The lowest BCUT2D eigenvalue weighted by Crippen LogP contribution is -3.27. The van der Waals surface area contributed by atoms with Crippen molar-refractivity contribution in [2.24, 2.45) is 0 Å². The van der Waals surface area contributed by atoms with Crippen LogP contribution in [0.25, 0.3) is 21.7 Å². The van der Waals surface area contributed by atoms with Gasteiger partial charge in [0.1, 0.15) is 38.8 Å². The first-order valence-corrected chi connectivity index (χ1v) is 10.8. The third kappa shape index (κ3) is 3.62. The maximum Gasteiger partial charge on any atom is 0.258 e. The van der Waals surface area contributed by atoms with Gasteiger partial charge in [-0.2, -0.15) is 0 Å². The van der Waals surface area contributed by atoms with E-state index >= 15 is 0 Å². The highest BCUT2D eigenvalue weighted by Crippen LogP contribution is 2.17. The highest BCUT2D eigenvalue weighted by atomic mass is 16.1. The Labute approximate surface area is 176 Å². The number of aromatic nitrogens is 2. The maximum atomic E-state index is 12.4. The molecule has 4 aromatic rings. The number of para-hydroxylation sites is 1. The van der Waals surface area contributed by atoms with Gasteiger partial charge < -0.3 is 14.8 Å². The third-order valence-corrected chi connectivity index (χ3v) is 6.57. The average molecular weight is 401 g/mol. The van der Waals surface area contributed by atoms with Crippen LogP contribution in [0.2, 0.25) is 0 Å². The molecule has 30 heavy (non-hydrogen) atoms. The van der Waals surface area contributed by atoms with Gasteiger partial charge in [0.2, 0.25) is 0 Å². The molecule has 1 aliphatic rings. The van der Waals surface area contributed by atoms with E-state index in [0.717, 1.165) is 44.1 Å². The van der Waals surface area contributed by atoms with Crippen LogP contribution in [-0.4, -0.2) is 36.1 Å². The van der Waals surface area contributed by atoms with Gasteiger partial charge in [-0.05, 0) is 29.8 Å². The Morgan fingerprint density at radius 2 is 1.60 bits per heavy atom.